The van der Waals surface area contributed by atoms with E-state index in [0.29, 0.717) is 25.3 Å². The number of carbonyl (C=O) groups is 1. The van der Waals surface area contributed by atoms with Crippen LogP contribution in [0.2, 0.25) is 0 Å². The van der Waals surface area contributed by atoms with Crippen LogP contribution in [0.15, 0.2) is 48.9 Å². The summed E-state index contributed by atoms with van der Waals surface area (Å²) in [5.74, 6) is 0.441. The second kappa shape index (κ2) is 7.06. The Bertz CT molecular complexity index is 969. The third kappa shape index (κ3) is 3.89. The van der Waals surface area contributed by atoms with Crippen molar-refractivity contribution in [2.24, 2.45) is 0 Å². The van der Waals surface area contributed by atoms with E-state index in [9.17, 15) is 9.18 Å². The lowest BCUT2D eigenvalue weighted by molar-refractivity contribution is -0.115. The van der Waals surface area contributed by atoms with Crippen molar-refractivity contribution in [1.82, 2.24) is 14.8 Å². The van der Waals surface area contributed by atoms with E-state index in [0.717, 1.165) is 22.6 Å². The van der Waals surface area contributed by atoms with Gasteiger partial charge in [-0.15, -0.1) is 0 Å². The van der Waals surface area contributed by atoms with Crippen LogP contribution in [0.25, 0.3) is 0 Å². The van der Waals surface area contributed by atoms with E-state index in [1.807, 2.05) is 28.9 Å². The van der Waals surface area contributed by atoms with Crippen molar-refractivity contribution in [1.29, 1.82) is 0 Å². The van der Waals surface area contributed by atoms with Gasteiger partial charge in [-0.3, -0.25) is 9.48 Å². The number of carbonyl (C=O) groups excluding carboxylic acids is 1. The van der Waals surface area contributed by atoms with Crippen molar-refractivity contribution < 1.29 is 9.18 Å². The number of likely N-dealkylation sites (N-methyl/N-ethyl adjacent to an activating group) is 1. The molecule has 0 saturated heterocycles. The first-order chi connectivity index (χ1) is 13.1. The van der Waals surface area contributed by atoms with Crippen LogP contribution in [0.5, 0.6) is 0 Å². The molecule has 0 bridgehead atoms. The predicted octanol–water partition coefficient (Wildman–Crippen LogP) is 2.47. The molecule has 2 aromatic heterocycles. The molecule has 0 atom stereocenters. The van der Waals surface area contributed by atoms with Crippen molar-refractivity contribution >= 4 is 23.1 Å². The lowest BCUT2D eigenvalue weighted by Gasteiger charge is -2.27. The fraction of sp³-hybridized carbons (Fsp3) is 0.211. The Morgan fingerprint density at radius 1 is 1.22 bits per heavy atom. The van der Waals surface area contributed by atoms with Crippen molar-refractivity contribution in [3.63, 3.8) is 0 Å². The Labute approximate surface area is 155 Å². The Morgan fingerprint density at radius 3 is 2.85 bits per heavy atom. The molecule has 138 valence electrons. The summed E-state index contributed by atoms with van der Waals surface area (Å²) in [4.78, 5) is 17.8. The summed E-state index contributed by atoms with van der Waals surface area (Å²) in [7, 11) is 1.88. The molecule has 0 spiro atoms. The average Bonchev–Trinajstić information content (AvgIpc) is 3.09. The van der Waals surface area contributed by atoms with Crippen molar-refractivity contribution in [2.75, 3.05) is 29.1 Å². The zero-order valence-electron chi connectivity index (χ0n) is 14.8. The van der Waals surface area contributed by atoms with Gasteiger partial charge in [0.05, 0.1) is 36.9 Å². The summed E-state index contributed by atoms with van der Waals surface area (Å²) >= 11 is 0. The lowest BCUT2D eigenvalue weighted by atomic mass is 10.2. The molecule has 8 heteroatoms. The number of hydrogen-bond acceptors (Lipinski definition) is 5. The minimum absolute atomic E-state index is 0.0407. The maximum absolute atomic E-state index is 13.0. The third-order valence-electron chi connectivity index (χ3n) is 4.37. The number of fused-ring (bicyclic) bond motifs is 1. The van der Waals surface area contributed by atoms with Gasteiger partial charge in [0.25, 0.3) is 0 Å². The summed E-state index contributed by atoms with van der Waals surface area (Å²) in [5.41, 5.74) is 3.64. The van der Waals surface area contributed by atoms with Crippen LogP contribution in [0.1, 0.15) is 11.1 Å². The number of anilines is 3. The normalized spacial score (nSPS) is 13.3. The van der Waals surface area contributed by atoms with E-state index in [4.69, 9.17) is 0 Å². The van der Waals surface area contributed by atoms with Crippen LogP contribution in [0.3, 0.4) is 0 Å². The van der Waals surface area contributed by atoms with Crippen LogP contribution in [0, 0.1) is 5.82 Å². The molecule has 0 fully saturated rings. The fourth-order valence-electron chi connectivity index (χ4n) is 3.00. The summed E-state index contributed by atoms with van der Waals surface area (Å²) in [6, 6.07) is 8.31. The zero-order chi connectivity index (χ0) is 18.8. The number of hydrogen-bond donors (Lipinski definition) is 2. The molecule has 7 nitrogen and oxygen atoms in total. The van der Waals surface area contributed by atoms with E-state index < -0.39 is 0 Å². The molecule has 0 unspecified atom stereocenters. The lowest BCUT2D eigenvalue weighted by Crippen LogP contribution is -2.35. The van der Waals surface area contributed by atoms with Crippen LogP contribution in [0.4, 0.5) is 21.6 Å². The first-order valence-corrected chi connectivity index (χ1v) is 8.57. The number of aromatic nitrogens is 3. The molecule has 1 aliphatic heterocycles. The summed E-state index contributed by atoms with van der Waals surface area (Å²) < 4.78 is 14.8. The van der Waals surface area contributed by atoms with E-state index >= 15 is 0 Å². The molecule has 1 amide bonds. The second-order valence-corrected chi connectivity index (χ2v) is 6.52. The number of amides is 1. The van der Waals surface area contributed by atoms with Gasteiger partial charge >= 0.3 is 0 Å². The van der Waals surface area contributed by atoms with Crippen molar-refractivity contribution in [2.45, 2.75) is 13.1 Å². The van der Waals surface area contributed by atoms with Gasteiger partial charge in [-0.25, -0.2) is 9.37 Å². The summed E-state index contributed by atoms with van der Waals surface area (Å²) in [6.07, 6.45) is 5.39. The molecule has 27 heavy (non-hydrogen) atoms. The Balaban J connectivity index is 1.39. The largest absolute Gasteiger partial charge is 0.366 e. The molecule has 1 aliphatic rings. The topological polar surface area (TPSA) is 75.1 Å². The Hall–Kier alpha value is -3.42. The molecule has 2 N–H and O–H groups in total. The van der Waals surface area contributed by atoms with Gasteiger partial charge in [-0.2, -0.15) is 5.10 Å². The van der Waals surface area contributed by atoms with E-state index in [1.165, 1.54) is 12.1 Å². The number of pyridine rings is 1. The molecule has 0 aliphatic carbocycles. The molecular formula is C19H19FN6O. The number of nitrogens with zero attached hydrogens (tertiary/aromatic N) is 4. The van der Waals surface area contributed by atoms with Crippen LogP contribution >= 0.6 is 0 Å². The molecule has 0 saturated carbocycles. The highest BCUT2D eigenvalue weighted by atomic mass is 19.1. The molecular weight excluding hydrogens is 347 g/mol. The highest BCUT2D eigenvalue weighted by Crippen LogP contribution is 2.29. The number of nitrogens with one attached hydrogen (secondary N) is 2. The predicted molar refractivity (Wildman–Crippen MR) is 101 cm³/mol. The number of benzene rings is 1. The monoisotopic (exact) mass is 366 g/mol. The quantitative estimate of drug-likeness (QED) is 0.726. The standard InChI is InChI=1S/C19H19FN6O/c1-25-12-19(27)24-16-9-22-18(6-17(16)25)21-7-14-8-23-26(11-14)10-13-2-4-15(20)5-3-13/h2-6,8-9,11H,7,10,12H2,1H3,(H,21,22)(H,24,27). The van der Waals surface area contributed by atoms with Crippen LogP contribution in [-0.4, -0.2) is 34.3 Å². The SMILES string of the molecule is CN1CC(=O)Nc2cnc(NCc3cnn(Cc4ccc(F)cc4)c3)cc21. The molecule has 3 heterocycles. The third-order valence-corrected chi connectivity index (χ3v) is 4.37. The molecule has 4 rings (SSSR count). The van der Waals surface area contributed by atoms with Gasteiger partial charge in [-0.1, -0.05) is 12.1 Å². The van der Waals surface area contributed by atoms with Gasteiger partial charge < -0.3 is 15.5 Å². The van der Waals surface area contributed by atoms with E-state index in [-0.39, 0.29) is 11.7 Å². The minimum Gasteiger partial charge on any atom is -0.366 e. The number of halogens is 1. The molecule has 3 aromatic rings. The molecule has 1 aromatic carbocycles. The van der Waals surface area contributed by atoms with Gasteiger partial charge in [0, 0.05) is 31.4 Å². The van der Waals surface area contributed by atoms with Crippen molar-refractivity contribution in [3.05, 3.63) is 65.9 Å². The maximum Gasteiger partial charge on any atom is 0.243 e. The molecule has 0 radical (unpaired) electrons. The van der Waals surface area contributed by atoms with Gasteiger partial charge in [0.15, 0.2) is 0 Å². The van der Waals surface area contributed by atoms with Gasteiger partial charge in [-0.05, 0) is 17.7 Å². The minimum atomic E-state index is -0.244. The first kappa shape index (κ1) is 17.0. The first-order valence-electron chi connectivity index (χ1n) is 8.57. The maximum atomic E-state index is 13.0. The van der Waals surface area contributed by atoms with Crippen molar-refractivity contribution in [3.8, 4) is 0 Å². The summed E-state index contributed by atoms with van der Waals surface area (Å²) in [5, 5.41) is 10.4. The van der Waals surface area contributed by atoms with Crippen LogP contribution < -0.4 is 15.5 Å². The second-order valence-electron chi connectivity index (χ2n) is 6.52. The Morgan fingerprint density at radius 2 is 2.04 bits per heavy atom. The highest BCUT2D eigenvalue weighted by Gasteiger charge is 2.19. The fourth-order valence-corrected chi connectivity index (χ4v) is 3.00. The number of rotatable bonds is 5. The van der Waals surface area contributed by atoms with E-state index in [1.54, 1.807) is 24.5 Å². The van der Waals surface area contributed by atoms with Gasteiger partial charge in [0.2, 0.25) is 5.91 Å². The summed E-state index contributed by atoms with van der Waals surface area (Å²) in [6.45, 7) is 1.49. The van der Waals surface area contributed by atoms with Gasteiger partial charge in [0.1, 0.15) is 11.6 Å². The Kier molecular flexibility index (Phi) is 4.45. The van der Waals surface area contributed by atoms with Crippen LogP contribution in [-0.2, 0) is 17.9 Å². The average molecular weight is 366 g/mol. The zero-order valence-corrected chi connectivity index (χ0v) is 14.8. The smallest absolute Gasteiger partial charge is 0.243 e. The highest BCUT2D eigenvalue weighted by molar-refractivity contribution is 6.01. The van der Waals surface area contributed by atoms with E-state index in [2.05, 4.69) is 20.7 Å².